The summed E-state index contributed by atoms with van der Waals surface area (Å²) in [6.07, 6.45) is 1.49. The van der Waals surface area contributed by atoms with Crippen LogP contribution in [0.4, 0.5) is 22.9 Å². The Balaban J connectivity index is 1.49. The van der Waals surface area contributed by atoms with Gasteiger partial charge in [0.25, 0.3) is 5.91 Å². The zero-order chi connectivity index (χ0) is 28.9. The number of amides is 2. The third-order valence-corrected chi connectivity index (χ3v) is 7.72. The molecule has 206 valence electrons. The van der Waals surface area contributed by atoms with Crippen molar-refractivity contribution in [3.05, 3.63) is 101 Å². The highest BCUT2D eigenvalue weighted by Gasteiger charge is 2.15. The van der Waals surface area contributed by atoms with E-state index in [0.29, 0.717) is 28.4 Å². The fourth-order valence-electron chi connectivity index (χ4n) is 4.04. The predicted molar refractivity (Wildman–Crippen MR) is 168 cm³/mol. The molecule has 5 aromatic rings. The van der Waals surface area contributed by atoms with Crippen LogP contribution in [0.15, 0.2) is 99.5 Å². The van der Waals surface area contributed by atoms with E-state index in [-0.39, 0.29) is 17.7 Å². The van der Waals surface area contributed by atoms with Gasteiger partial charge in [-0.15, -0.1) is 0 Å². The highest BCUT2D eigenvalue weighted by atomic mass is 79.9. The Bertz CT molecular complexity index is 1730. The Kier molecular flexibility index (Phi) is 8.61. The van der Waals surface area contributed by atoms with Crippen LogP contribution in [0.25, 0.3) is 11.0 Å². The molecule has 3 N–H and O–H groups in total. The van der Waals surface area contributed by atoms with E-state index in [9.17, 15) is 9.59 Å². The highest BCUT2D eigenvalue weighted by Crippen LogP contribution is 2.37. The second kappa shape index (κ2) is 12.5. The van der Waals surface area contributed by atoms with E-state index in [0.717, 1.165) is 31.0 Å². The molecule has 0 aliphatic carbocycles. The van der Waals surface area contributed by atoms with Gasteiger partial charge in [-0.05, 0) is 84.8 Å². The van der Waals surface area contributed by atoms with Crippen molar-refractivity contribution >= 4 is 73.4 Å². The second-order valence-electron chi connectivity index (χ2n) is 9.59. The van der Waals surface area contributed by atoms with Gasteiger partial charge < -0.3 is 16.0 Å². The summed E-state index contributed by atoms with van der Waals surface area (Å²) in [5.41, 5.74) is 4.16. The summed E-state index contributed by atoms with van der Waals surface area (Å²) in [5.74, 6) is 0.501. The molecule has 0 unspecified atom stereocenters. The maximum Gasteiger partial charge on any atom is 0.255 e. The third-order valence-electron chi connectivity index (χ3n) is 6.11. The van der Waals surface area contributed by atoms with Gasteiger partial charge in [0.2, 0.25) is 5.91 Å². The molecule has 0 aliphatic heterocycles. The van der Waals surface area contributed by atoms with Crippen LogP contribution in [0.3, 0.4) is 0 Å². The summed E-state index contributed by atoms with van der Waals surface area (Å²) in [6, 6.07) is 24.5. The number of pyridine rings is 1. The number of carbonyl (C=O) groups is 2. The quantitative estimate of drug-likeness (QED) is 0.160. The number of nitrogens with one attached hydrogen (secondary N) is 3. The van der Waals surface area contributed by atoms with E-state index in [1.807, 2.05) is 72.8 Å². The van der Waals surface area contributed by atoms with Crippen LogP contribution in [-0.4, -0.2) is 26.8 Å². The van der Waals surface area contributed by atoms with E-state index >= 15 is 0 Å². The van der Waals surface area contributed by atoms with Crippen molar-refractivity contribution in [2.75, 3.05) is 16.0 Å². The first-order valence-electron chi connectivity index (χ1n) is 12.9. The van der Waals surface area contributed by atoms with Crippen LogP contribution in [0.2, 0.25) is 0 Å². The van der Waals surface area contributed by atoms with Crippen LogP contribution in [0, 0.1) is 0 Å². The van der Waals surface area contributed by atoms with Gasteiger partial charge >= 0.3 is 0 Å². The number of halogens is 1. The van der Waals surface area contributed by atoms with E-state index in [1.54, 1.807) is 6.07 Å². The molecule has 10 heteroatoms. The summed E-state index contributed by atoms with van der Waals surface area (Å²) in [5, 5.41) is 9.94. The lowest BCUT2D eigenvalue weighted by atomic mass is 10.1. The molecule has 0 saturated carbocycles. The van der Waals surface area contributed by atoms with Crippen molar-refractivity contribution in [3.8, 4) is 0 Å². The first-order chi connectivity index (χ1) is 19.7. The number of aromatic nitrogens is 3. The molecule has 0 atom stereocenters. The van der Waals surface area contributed by atoms with Crippen LogP contribution >= 0.6 is 27.7 Å². The predicted octanol–water partition coefficient (Wildman–Crippen LogP) is 8.02. The fourth-order valence-corrected chi connectivity index (χ4v) is 5.18. The maximum atomic E-state index is 13.2. The van der Waals surface area contributed by atoms with Crippen LogP contribution < -0.4 is 16.0 Å². The first-order valence-corrected chi connectivity index (χ1v) is 14.5. The van der Waals surface area contributed by atoms with E-state index in [1.165, 1.54) is 25.0 Å². The van der Waals surface area contributed by atoms with E-state index < -0.39 is 0 Å². The monoisotopic (exact) mass is 626 g/mol. The van der Waals surface area contributed by atoms with Gasteiger partial charge in [-0.3, -0.25) is 9.59 Å². The third kappa shape index (κ3) is 7.08. The molecule has 5 rings (SSSR count). The lowest BCUT2D eigenvalue weighted by molar-refractivity contribution is -0.114. The summed E-state index contributed by atoms with van der Waals surface area (Å²) in [7, 11) is 0. The zero-order valence-electron chi connectivity index (χ0n) is 22.6. The number of hydrogen-bond acceptors (Lipinski definition) is 7. The maximum absolute atomic E-state index is 13.2. The molecule has 0 bridgehead atoms. The van der Waals surface area contributed by atoms with Crippen molar-refractivity contribution in [3.63, 3.8) is 0 Å². The van der Waals surface area contributed by atoms with Crippen molar-refractivity contribution < 1.29 is 9.59 Å². The van der Waals surface area contributed by atoms with Crippen molar-refractivity contribution in [1.82, 2.24) is 15.0 Å². The van der Waals surface area contributed by atoms with Gasteiger partial charge in [0, 0.05) is 43.8 Å². The minimum atomic E-state index is -0.234. The zero-order valence-corrected chi connectivity index (χ0v) is 25.0. The standard InChI is InChI=1S/C31H27BrN6O2S/c1-18(2)26-14-13-25-29(37-26)33-17-34-30(25)38-27-16-20(31(40)36-23-7-5-21(32)6-8-23)4-15-28(27)41-24-11-9-22(10-12-24)35-19(3)39/h4-18H,1-3H3,(H,35,39)(H,36,40)(H,33,34,37,38). The summed E-state index contributed by atoms with van der Waals surface area (Å²) >= 11 is 4.95. The van der Waals surface area contributed by atoms with E-state index in [2.05, 4.69) is 55.7 Å². The van der Waals surface area contributed by atoms with Crippen LogP contribution in [-0.2, 0) is 4.79 Å². The molecule has 41 heavy (non-hydrogen) atoms. The molecule has 2 aromatic heterocycles. The number of fused-ring (bicyclic) bond motifs is 1. The Hall–Kier alpha value is -4.28. The molecule has 2 amide bonds. The molecule has 0 aliphatic rings. The average molecular weight is 628 g/mol. The number of benzene rings is 3. The smallest absolute Gasteiger partial charge is 0.255 e. The Labute approximate surface area is 250 Å². The van der Waals surface area contributed by atoms with Gasteiger partial charge in [-0.25, -0.2) is 15.0 Å². The molecular weight excluding hydrogens is 600 g/mol. The van der Waals surface area contributed by atoms with Crippen LogP contribution in [0.5, 0.6) is 0 Å². The Morgan fingerprint density at radius 1 is 0.854 bits per heavy atom. The van der Waals surface area contributed by atoms with E-state index in [4.69, 9.17) is 4.98 Å². The van der Waals surface area contributed by atoms with Crippen molar-refractivity contribution in [1.29, 1.82) is 0 Å². The van der Waals surface area contributed by atoms with Gasteiger partial charge in [-0.1, -0.05) is 41.5 Å². The van der Waals surface area contributed by atoms with Gasteiger partial charge in [0.05, 0.1) is 11.1 Å². The van der Waals surface area contributed by atoms with Crippen LogP contribution in [0.1, 0.15) is 42.7 Å². The molecule has 0 saturated heterocycles. The Morgan fingerprint density at radius 2 is 1.56 bits per heavy atom. The molecule has 0 radical (unpaired) electrons. The minimum Gasteiger partial charge on any atom is -0.339 e. The number of nitrogens with zero attached hydrogens (tertiary/aromatic N) is 3. The normalized spacial score (nSPS) is 11.0. The van der Waals surface area contributed by atoms with Gasteiger partial charge in [0.1, 0.15) is 12.1 Å². The largest absolute Gasteiger partial charge is 0.339 e. The molecule has 2 heterocycles. The molecule has 0 fully saturated rings. The average Bonchev–Trinajstić information content (AvgIpc) is 2.95. The number of rotatable bonds is 8. The number of hydrogen-bond donors (Lipinski definition) is 3. The first kappa shape index (κ1) is 28.3. The Morgan fingerprint density at radius 3 is 2.27 bits per heavy atom. The van der Waals surface area contributed by atoms with Gasteiger partial charge in [-0.2, -0.15) is 0 Å². The highest BCUT2D eigenvalue weighted by molar-refractivity contribution is 9.10. The summed E-state index contributed by atoms with van der Waals surface area (Å²) < 4.78 is 0.931. The summed E-state index contributed by atoms with van der Waals surface area (Å²) in [4.78, 5) is 40.0. The van der Waals surface area contributed by atoms with Crippen molar-refractivity contribution in [2.45, 2.75) is 36.5 Å². The minimum absolute atomic E-state index is 0.124. The lowest BCUT2D eigenvalue weighted by Gasteiger charge is -2.15. The number of anilines is 4. The fraction of sp³-hybridized carbons (Fsp3) is 0.129. The SMILES string of the molecule is CC(=O)Nc1ccc(Sc2ccc(C(=O)Nc3ccc(Br)cc3)cc2Nc2ncnc3nc(C(C)C)ccc23)cc1. The van der Waals surface area contributed by atoms with Gasteiger partial charge in [0.15, 0.2) is 5.65 Å². The summed E-state index contributed by atoms with van der Waals surface area (Å²) in [6.45, 7) is 5.65. The molecule has 0 spiro atoms. The topological polar surface area (TPSA) is 109 Å². The second-order valence-corrected chi connectivity index (χ2v) is 11.6. The molecular formula is C31H27BrN6O2S. The lowest BCUT2D eigenvalue weighted by Crippen LogP contribution is -2.12. The molecule has 8 nitrogen and oxygen atoms in total. The molecule has 3 aromatic carbocycles. The number of carbonyl (C=O) groups excluding carboxylic acids is 2. The van der Waals surface area contributed by atoms with Crippen molar-refractivity contribution in [2.24, 2.45) is 0 Å².